The minimum Gasteiger partial charge on any atom is -0.508 e. The summed E-state index contributed by atoms with van der Waals surface area (Å²) in [6.45, 7) is 4.00. The first-order chi connectivity index (χ1) is 6.65. The molecule has 0 unspecified atom stereocenters. The van der Waals surface area contributed by atoms with E-state index >= 15 is 0 Å². The van der Waals surface area contributed by atoms with Gasteiger partial charge in [0.05, 0.1) is 7.11 Å². The second-order valence-corrected chi connectivity index (χ2v) is 2.19. The van der Waals surface area contributed by atoms with Crippen LogP contribution >= 0.6 is 0 Å². The van der Waals surface area contributed by atoms with Crippen LogP contribution < -0.4 is 4.74 Å². The van der Waals surface area contributed by atoms with Crippen molar-refractivity contribution in [2.75, 3.05) is 7.11 Å². The molecule has 14 heavy (non-hydrogen) atoms. The Morgan fingerprint density at radius 2 is 1.93 bits per heavy atom. The Bertz CT molecular complexity index is 307. The highest BCUT2D eigenvalue weighted by molar-refractivity contribution is 5.91. The number of hydrogen-bond acceptors (Lipinski definition) is 3. The van der Waals surface area contributed by atoms with Crippen LogP contribution in [0.2, 0.25) is 0 Å². The minimum atomic E-state index is -1.08. The highest BCUT2D eigenvalue weighted by Crippen LogP contribution is 2.23. The van der Waals surface area contributed by atoms with Crippen LogP contribution in [0.1, 0.15) is 24.2 Å². The molecule has 0 amide bonds. The zero-order chi connectivity index (χ0) is 11.1. The number of rotatable bonds is 2. The summed E-state index contributed by atoms with van der Waals surface area (Å²) in [5.41, 5.74) is 0.0373. The number of aromatic carboxylic acids is 1. The zero-order valence-corrected chi connectivity index (χ0v) is 8.44. The summed E-state index contributed by atoms with van der Waals surface area (Å²) < 4.78 is 4.75. The number of carbonyl (C=O) groups is 1. The van der Waals surface area contributed by atoms with E-state index in [0.717, 1.165) is 0 Å². The summed E-state index contributed by atoms with van der Waals surface area (Å²) in [6.07, 6.45) is 0. The smallest absolute Gasteiger partial charge is 0.339 e. The first kappa shape index (κ1) is 12.3. The third-order valence-corrected chi connectivity index (χ3v) is 1.42. The van der Waals surface area contributed by atoms with Gasteiger partial charge in [0.25, 0.3) is 0 Å². The molecular formula is C10H14O4. The molecule has 1 aromatic carbocycles. The molecule has 0 aliphatic rings. The number of phenols is 1. The molecule has 0 aromatic heterocycles. The minimum absolute atomic E-state index is 0.0168. The van der Waals surface area contributed by atoms with Gasteiger partial charge in [-0.1, -0.05) is 13.8 Å². The van der Waals surface area contributed by atoms with Gasteiger partial charge in [-0.25, -0.2) is 4.79 Å². The number of methoxy groups -OCH3 is 1. The quantitative estimate of drug-likeness (QED) is 0.763. The van der Waals surface area contributed by atoms with E-state index in [0.29, 0.717) is 0 Å². The van der Waals surface area contributed by atoms with Gasteiger partial charge in [-0.3, -0.25) is 0 Å². The van der Waals surface area contributed by atoms with E-state index in [1.807, 2.05) is 13.8 Å². The van der Waals surface area contributed by atoms with E-state index in [4.69, 9.17) is 14.9 Å². The molecular weight excluding hydrogens is 184 g/mol. The van der Waals surface area contributed by atoms with Crippen LogP contribution in [-0.4, -0.2) is 23.3 Å². The molecule has 0 bridgehead atoms. The molecule has 0 heterocycles. The van der Waals surface area contributed by atoms with Crippen molar-refractivity contribution in [3.05, 3.63) is 23.8 Å². The highest BCUT2D eigenvalue weighted by Gasteiger charge is 2.10. The zero-order valence-electron chi connectivity index (χ0n) is 8.44. The molecule has 0 fully saturated rings. The molecule has 0 aliphatic carbocycles. The van der Waals surface area contributed by atoms with Crippen molar-refractivity contribution in [3.8, 4) is 11.5 Å². The largest absolute Gasteiger partial charge is 0.508 e. The van der Waals surface area contributed by atoms with Gasteiger partial charge in [-0.05, 0) is 12.1 Å². The van der Waals surface area contributed by atoms with Crippen molar-refractivity contribution >= 4 is 5.97 Å². The van der Waals surface area contributed by atoms with E-state index < -0.39 is 5.97 Å². The summed E-state index contributed by atoms with van der Waals surface area (Å²) in [7, 11) is 1.35. The Labute approximate surface area is 82.8 Å². The van der Waals surface area contributed by atoms with Gasteiger partial charge in [0.2, 0.25) is 0 Å². The summed E-state index contributed by atoms with van der Waals surface area (Å²) in [5, 5.41) is 17.6. The molecule has 0 aliphatic heterocycles. The average Bonchev–Trinajstić information content (AvgIpc) is 2.20. The van der Waals surface area contributed by atoms with Gasteiger partial charge in [0.15, 0.2) is 0 Å². The van der Waals surface area contributed by atoms with Gasteiger partial charge >= 0.3 is 5.97 Å². The van der Waals surface area contributed by atoms with Crippen molar-refractivity contribution < 1.29 is 19.7 Å². The average molecular weight is 198 g/mol. The van der Waals surface area contributed by atoms with Crippen LogP contribution in [-0.2, 0) is 0 Å². The molecule has 0 saturated carbocycles. The van der Waals surface area contributed by atoms with Gasteiger partial charge in [-0.2, -0.15) is 0 Å². The lowest BCUT2D eigenvalue weighted by atomic mass is 10.2. The molecule has 1 aromatic rings. The second kappa shape index (κ2) is 5.85. The first-order valence-electron chi connectivity index (χ1n) is 4.25. The molecule has 4 heteroatoms. The number of carboxylic acid groups (broad SMARTS) is 1. The Balaban J connectivity index is 0.000000791. The van der Waals surface area contributed by atoms with E-state index in [9.17, 15) is 4.79 Å². The maximum atomic E-state index is 10.5. The standard InChI is InChI=1S/C8H8O4.C2H6/c1-12-7-4-5(9)2-3-6(7)8(10)11;1-2/h2-4,9H,1H3,(H,10,11);1-2H3. The van der Waals surface area contributed by atoms with Gasteiger partial charge in [-0.15, -0.1) is 0 Å². The van der Waals surface area contributed by atoms with Crippen LogP contribution in [0, 0.1) is 0 Å². The van der Waals surface area contributed by atoms with Crippen molar-refractivity contribution in [1.29, 1.82) is 0 Å². The maximum Gasteiger partial charge on any atom is 0.339 e. The van der Waals surface area contributed by atoms with E-state index in [1.54, 1.807) is 0 Å². The fourth-order valence-electron chi connectivity index (χ4n) is 0.857. The molecule has 78 valence electrons. The van der Waals surface area contributed by atoms with Gasteiger partial charge in [0, 0.05) is 6.07 Å². The molecule has 4 nitrogen and oxygen atoms in total. The predicted molar refractivity (Wildman–Crippen MR) is 53.0 cm³/mol. The van der Waals surface area contributed by atoms with Crippen molar-refractivity contribution in [2.24, 2.45) is 0 Å². The Morgan fingerprint density at radius 3 is 2.36 bits per heavy atom. The number of aromatic hydroxyl groups is 1. The van der Waals surface area contributed by atoms with Gasteiger partial charge in [0.1, 0.15) is 17.1 Å². The van der Waals surface area contributed by atoms with Crippen molar-refractivity contribution in [3.63, 3.8) is 0 Å². The maximum absolute atomic E-state index is 10.5. The molecule has 0 radical (unpaired) electrons. The van der Waals surface area contributed by atoms with Crippen molar-refractivity contribution in [1.82, 2.24) is 0 Å². The number of ether oxygens (including phenoxy) is 1. The summed E-state index contributed by atoms with van der Waals surface area (Å²) >= 11 is 0. The second-order valence-electron chi connectivity index (χ2n) is 2.19. The number of benzene rings is 1. The molecule has 1 rings (SSSR count). The Hall–Kier alpha value is -1.71. The lowest BCUT2D eigenvalue weighted by Gasteiger charge is -2.03. The highest BCUT2D eigenvalue weighted by atomic mass is 16.5. The predicted octanol–water partition coefficient (Wildman–Crippen LogP) is 2.13. The first-order valence-corrected chi connectivity index (χ1v) is 4.25. The molecule has 0 saturated heterocycles. The number of carboxylic acids is 1. The Morgan fingerprint density at radius 1 is 1.36 bits per heavy atom. The SMILES string of the molecule is CC.COc1cc(O)ccc1C(=O)O. The fourth-order valence-corrected chi connectivity index (χ4v) is 0.857. The summed E-state index contributed by atoms with van der Waals surface area (Å²) in [6, 6.07) is 3.84. The van der Waals surface area contributed by atoms with Crippen LogP contribution in [0.4, 0.5) is 0 Å². The van der Waals surface area contributed by atoms with E-state index in [2.05, 4.69) is 0 Å². The topological polar surface area (TPSA) is 66.8 Å². The van der Waals surface area contributed by atoms with Crippen molar-refractivity contribution in [2.45, 2.75) is 13.8 Å². The lowest BCUT2D eigenvalue weighted by Crippen LogP contribution is -1.99. The fraction of sp³-hybridized carbons (Fsp3) is 0.300. The van der Waals surface area contributed by atoms with Crippen LogP contribution in [0.5, 0.6) is 11.5 Å². The van der Waals surface area contributed by atoms with E-state index in [1.165, 1.54) is 25.3 Å². The molecule has 2 N–H and O–H groups in total. The van der Waals surface area contributed by atoms with Crippen LogP contribution in [0.3, 0.4) is 0 Å². The lowest BCUT2D eigenvalue weighted by molar-refractivity contribution is 0.0693. The number of phenolic OH excluding ortho intramolecular Hbond substituents is 1. The van der Waals surface area contributed by atoms with Crippen LogP contribution in [0.15, 0.2) is 18.2 Å². The van der Waals surface area contributed by atoms with E-state index in [-0.39, 0.29) is 17.1 Å². The third kappa shape index (κ3) is 2.97. The summed E-state index contributed by atoms with van der Waals surface area (Å²) in [5.74, 6) is -0.939. The molecule has 0 atom stereocenters. The third-order valence-electron chi connectivity index (χ3n) is 1.42. The number of hydrogen-bond donors (Lipinski definition) is 2. The monoisotopic (exact) mass is 198 g/mol. The normalized spacial score (nSPS) is 8.50. The molecule has 0 spiro atoms. The Kier molecular flexibility index (Phi) is 5.14. The van der Waals surface area contributed by atoms with Crippen LogP contribution in [0.25, 0.3) is 0 Å². The van der Waals surface area contributed by atoms with Gasteiger partial charge < -0.3 is 14.9 Å². The summed E-state index contributed by atoms with van der Waals surface area (Å²) in [4.78, 5) is 10.5.